The van der Waals surface area contributed by atoms with E-state index in [1.807, 2.05) is 0 Å². The van der Waals surface area contributed by atoms with Gasteiger partial charge in [-0.3, -0.25) is 9.59 Å². The monoisotopic (exact) mass is 306 g/mol. The first kappa shape index (κ1) is 14.4. The van der Waals surface area contributed by atoms with Crippen LogP contribution in [0.2, 0.25) is 5.02 Å². The maximum atomic E-state index is 12.9. The van der Waals surface area contributed by atoms with E-state index in [1.165, 1.54) is 4.90 Å². The summed E-state index contributed by atoms with van der Waals surface area (Å²) in [6.45, 7) is 0. The van der Waals surface area contributed by atoms with E-state index < -0.39 is 5.41 Å². The van der Waals surface area contributed by atoms with Crippen LogP contribution in [0, 0.1) is 5.41 Å². The van der Waals surface area contributed by atoms with Gasteiger partial charge in [-0.15, -0.1) is 0 Å². The van der Waals surface area contributed by atoms with Gasteiger partial charge in [-0.25, -0.2) is 4.90 Å². The average molecular weight is 307 g/mol. The molecule has 0 bridgehead atoms. The van der Waals surface area contributed by atoms with Gasteiger partial charge in [0.1, 0.15) is 0 Å². The number of carbonyl (C=O) groups excluding carboxylic acids is 2. The predicted octanol–water partition coefficient (Wildman–Crippen LogP) is 3.53. The molecule has 3 rings (SSSR count). The highest BCUT2D eigenvalue weighted by atomic mass is 35.5. The zero-order valence-electron chi connectivity index (χ0n) is 11.9. The summed E-state index contributed by atoms with van der Waals surface area (Å²) < 4.78 is 0. The molecule has 2 amide bonds. The van der Waals surface area contributed by atoms with Crippen molar-refractivity contribution in [2.45, 2.75) is 44.9 Å². The number of carbonyl (C=O) groups is 2. The normalized spacial score (nSPS) is 21.9. The van der Waals surface area contributed by atoms with Crippen LogP contribution in [0.5, 0.6) is 0 Å². The van der Waals surface area contributed by atoms with Crippen LogP contribution >= 0.6 is 11.6 Å². The fourth-order valence-corrected chi connectivity index (χ4v) is 3.81. The van der Waals surface area contributed by atoms with Gasteiger partial charge in [0.2, 0.25) is 11.8 Å². The molecule has 5 heteroatoms. The molecule has 21 heavy (non-hydrogen) atoms. The molecule has 0 atom stereocenters. The first-order chi connectivity index (χ1) is 10.0. The fourth-order valence-electron chi connectivity index (χ4n) is 3.54. The lowest BCUT2D eigenvalue weighted by molar-refractivity contribution is -0.126. The average Bonchev–Trinajstić information content (AvgIpc) is 2.60. The number of anilines is 2. The molecular formula is C16H19ClN2O2. The van der Waals surface area contributed by atoms with Crippen LogP contribution in [0.3, 0.4) is 0 Å². The SMILES string of the molecule is Nc1ccc(N2C(=O)CC3(CCCCCC3)C2=O)c(Cl)c1. The standard InChI is InChI=1S/C16H19ClN2O2/c17-12-9-11(18)5-6-13(12)19-14(20)10-16(15(19)21)7-3-1-2-4-8-16/h5-6,9H,1-4,7-8,10,18H2. The van der Waals surface area contributed by atoms with Crippen LogP contribution in [0.1, 0.15) is 44.9 Å². The van der Waals surface area contributed by atoms with E-state index in [-0.39, 0.29) is 11.8 Å². The molecule has 0 unspecified atom stereocenters. The topological polar surface area (TPSA) is 63.4 Å². The van der Waals surface area contributed by atoms with Crippen LogP contribution < -0.4 is 10.6 Å². The molecule has 112 valence electrons. The summed E-state index contributed by atoms with van der Waals surface area (Å²) in [6, 6.07) is 4.90. The highest BCUT2D eigenvalue weighted by Crippen LogP contribution is 2.46. The summed E-state index contributed by atoms with van der Waals surface area (Å²) in [5.74, 6) is -0.227. The number of benzene rings is 1. The van der Waals surface area contributed by atoms with Gasteiger partial charge in [-0.2, -0.15) is 0 Å². The predicted molar refractivity (Wildman–Crippen MR) is 83.1 cm³/mol. The second kappa shape index (κ2) is 5.34. The molecular weight excluding hydrogens is 288 g/mol. The number of nitrogens with zero attached hydrogens (tertiary/aromatic N) is 1. The minimum absolute atomic E-state index is 0.0823. The van der Waals surface area contributed by atoms with Crippen molar-refractivity contribution in [1.29, 1.82) is 0 Å². The third-order valence-corrected chi connectivity index (χ3v) is 4.97. The van der Waals surface area contributed by atoms with Crippen molar-refractivity contribution < 1.29 is 9.59 Å². The van der Waals surface area contributed by atoms with Gasteiger partial charge in [0, 0.05) is 12.1 Å². The highest BCUT2D eigenvalue weighted by Gasteiger charge is 2.51. The van der Waals surface area contributed by atoms with Crippen molar-refractivity contribution in [1.82, 2.24) is 0 Å². The van der Waals surface area contributed by atoms with Crippen LogP contribution in [0.15, 0.2) is 18.2 Å². The Kier molecular flexibility index (Phi) is 3.66. The molecule has 2 N–H and O–H groups in total. The number of imide groups is 1. The number of amides is 2. The lowest BCUT2D eigenvalue weighted by atomic mass is 9.79. The minimum atomic E-state index is -0.502. The van der Waals surface area contributed by atoms with Crippen molar-refractivity contribution in [3.05, 3.63) is 23.2 Å². The molecule has 0 aromatic heterocycles. The molecule has 0 radical (unpaired) electrons. The van der Waals surface area contributed by atoms with Gasteiger partial charge in [0.25, 0.3) is 0 Å². The zero-order chi connectivity index (χ0) is 15.0. The summed E-state index contributed by atoms with van der Waals surface area (Å²) in [4.78, 5) is 26.6. The molecule has 1 heterocycles. The largest absolute Gasteiger partial charge is 0.399 e. The molecule has 1 spiro atoms. The molecule has 1 saturated heterocycles. The Balaban J connectivity index is 1.97. The van der Waals surface area contributed by atoms with Gasteiger partial charge < -0.3 is 5.73 Å². The Morgan fingerprint density at radius 3 is 2.38 bits per heavy atom. The van der Waals surface area contributed by atoms with Crippen molar-refractivity contribution in [2.75, 3.05) is 10.6 Å². The van der Waals surface area contributed by atoms with Gasteiger partial charge in [-0.1, -0.05) is 37.3 Å². The Bertz CT molecular complexity index is 592. The second-order valence-corrected chi connectivity index (χ2v) is 6.52. The number of hydrogen-bond donors (Lipinski definition) is 1. The molecule has 4 nitrogen and oxygen atoms in total. The van der Waals surface area contributed by atoms with Crippen molar-refractivity contribution in [3.8, 4) is 0 Å². The number of nitrogen functional groups attached to an aromatic ring is 1. The summed E-state index contributed by atoms with van der Waals surface area (Å²) in [5, 5.41) is 0.349. The molecule has 2 aliphatic rings. The van der Waals surface area contributed by atoms with E-state index in [9.17, 15) is 9.59 Å². The van der Waals surface area contributed by atoms with E-state index in [1.54, 1.807) is 18.2 Å². The fraction of sp³-hybridized carbons (Fsp3) is 0.500. The zero-order valence-corrected chi connectivity index (χ0v) is 12.7. The van der Waals surface area contributed by atoms with Gasteiger partial charge >= 0.3 is 0 Å². The van der Waals surface area contributed by atoms with Gasteiger partial charge in [0.15, 0.2) is 0 Å². The summed E-state index contributed by atoms with van der Waals surface area (Å²) in [6.07, 6.45) is 6.25. The smallest absolute Gasteiger partial charge is 0.240 e. The number of nitrogens with two attached hydrogens (primary N) is 1. The lowest BCUT2D eigenvalue weighted by Crippen LogP contribution is -2.35. The summed E-state index contributed by atoms with van der Waals surface area (Å²) >= 11 is 6.17. The molecule has 1 aromatic rings. The van der Waals surface area contributed by atoms with E-state index in [0.717, 1.165) is 38.5 Å². The van der Waals surface area contributed by atoms with Crippen LogP contribution in [0.4, 0.5) is 11.4 Å². The first-order valence-electron chi connectivity index (χ1n) is 7.46. The summed E-state index contributed by atoms with van der Waals surface area (Å²) in [5.41, 5.74) is 6.16. The lowest BCUT2D eigenvalue weighted by Gasteiger charge is -2.25. The maximum absolute atomic E-state index is 12.9. The van der Waals surface area contributed by atoms with Gasteiger partial charge in [-0.05, 0) is 31.0 Å². The number of halogens is 1. The molecule has 1 saturated carbocycles. The van der Waals surface area contributed by atoms with Crippen LogP contribution in [-0.4, -0.2) is 11.8 Å². The van der Waals surface area contributed by atoms with Crippen molar-refractivity contribution in [2.24, 2.45) is 5.41 Å². The summed E-state index contributed by atoms with van der Waals surface area (Å²) in [7, 11) is 0. The second-order valence-electron chi connectivity index (χ2n) is 6.12. The Morgan fingerprint density at radius 2 is 1.76 bits per heavy atom. The van der Waals surface area contributed by atoms with Gasteiger partial charge in [0.05, 0.1) is 16.1 Å². The maximum Gasteiger partial charge on any atom is 0.240 e. The quantitative estimate of drug-likeness (QED) is 0.637. The highest BCUT2D eigenvalue weighted by molar-refractivity contribution is 6.36. The third kappa shape index (κ3) is 2.42. The minimum Gasteiger partial charge on any atom is -0.399 e. The van der Waals surface area contributed by atoms with Crippen LogP contribution in [0.25, 0.3) is 0 Å². The van der Waals surface area contributed by atoms with E-state index >= 15 is 0 Å². The number of rotatable bonds is 1. The Hall–Kier alpha value is -1.55. The molecule has 1 aliphatic heterocycles. The number of hydrogen-bond acceptors (Lipinski definition) is 3. The Labute approximate surface area is 129 Å². The van der Waals surface area contributed by atoms with Crippen molar-refractivity contribution in [3.63, 3.8) is 0 Å². The third-order valence-electron chi connectivity index (χ3n) is 4.67. The van der Waals surface area contributed by atoms with E-state index in [4.69, 9.17) is 17.3 Å². The molecule has 1 aromatic carbocycles. The van der Waals surface area contributed by atoms with E-state index in [0.29, 0.717) is 22.8 Å². The Morgan fingerprint density at radius 1 is 1.10 bits per heavy atom. The van der Waals surface area contributed by atoms with E-state index in [2.05, 4.69) is 0 Å². The molecule has 1 aliphatic carbocycles. The first-order valence-corrected chi connectivity index (χ1v) is 7.84. The van der Waals surface area contributed by atoms with Crippen molar-refractivity contribution >= 4 is 34.8 Å². The van der Waals surface area contributed by atoms with Crippen LogP contribution in [-0.2, 0) is 9.59 Å². The molecule has 2 fully saturated rings.